The van der Waals surface area contributed by atoms with E-state index in [-0.39, 0.29) is 12.1 Å². The third-order valence-corrected chi connectivity index (χ3v) is 7.54. The summed E-state index contributed by atoms with van der Waals surface area (Å²) in [6.07, 6.45) is 4.47. The maximum atomic E-state index is 9.94. The van der Waals surface area contributed by atoms with E-state index in [1.54, 1.807) is 12.3 Å². The van der Waals surface area contributed by atoms with Gasteiger partial charge in [0.05, 0.1) is 66.8 Å². The summed E-state index contributed by atoms with van der Waals surface area (Å²) in [6, 6.07) is 3.39. The summed E-state index contributed by atoms with van der Waals surface area (Å²) in [5, 5.41) is 17.9. The molecule has 12 heteroatoms. The first-order chi connectivity index (χ1) is 18.4. The highest BCUT2D eigenvalue weighted by Crippen LogP contribution is 2.46. The van der Waals surface area contributed by atoms with Crippen LogP contribution in [0.2, 0.25) is 10.0 Å². The summed E-state index contributed by atoms with van der Waals surface area (Å²) >= 11 is 13.4. The second-order valence-corrected chi connectivity index (χ2v) is 9.93. The minimum atomic E-state index is -0.821. The van der Waals surface area contributed by atoms with Crippen molar-refractivity contribution >= 4 is 45.7 Å². The van der Waals surface area contributed by atoms with Crippen LogP contribution >= 0.6 is 23.2 Å². The van der Waals surface area contributed by atoms with Crippen molar-refractivity contribution in [1.29, 1.82) is 0 Å². The zero-order chi connectivity index (χ0) is 26.8. The Morgan fingerprint density at radius 3 is 2.45 bits per heavy atom. The molecule has 2 aromatic heterocycles. The molecule has 0 saturated carbocycles. The average molecular weight is 561 g/mol. The van der Waals surface area contributed by atoms with Gasteiger partial charge < -0.3 is 29.5 Å². The SMILES string of the molecule is C=CC(O)N[C@H]1COC[C@H]1Nc1cc2c(N3CCCC3)nc(-c3c(Cl)c(OC)cc(OC)c3Cl)nc2cn1. The molecule has 0 aliphatic carbocycles. The van der Waals surface area contributed by atoms with Gasteiger partial charge in [-0.25, -0.2) is 15.0 Å². The molecule has 3 N–H and O–H groups in total. The van der Waals surface area contributed by atoms with E-state index in [1.165, 1.54) is 20.3 Å². The van der Waals surface area contributed by atoms with E-state index in [0.717, 1.165) is 37.1 Å². The number of methoxy groups -OCH3 is 2. The van der Waals surface area contributed by atoms with Crippen molar-refractivity contribution in [2.75, 3.05) is 50.7 Å². The molecule has 10 nitrogen and oxygen atoms in total. The summed E-state index contributed by atoms with van der Waals surface area (Å²) < 4.78 is 16.5. The predicted octanol–water partition coefficient (Wildman–Crippen LogP) is 3.89. The molecule has 2 fully saturated rings. The normalized spacial score (nSPS) is 20.1. The number of benzene rings is 1. The smallest absolute Gasteiger partial charge is 0.165 e. The molecule has 5 rings (SSSR count). The average Bonchev–Trinajstić information content (AvgIpc) is 3.61. The van der Waals surface area contributed by atoms with E-state index < -0.39 is 6.23 Å². The molecule has 1 aromatic carbocycles. The second-order valence-electron chi connectivity index (χ2n) is 9.18. The summed E-state index contributed by atoms with van der Waals surface area (Å²) in [6.45, 7) is 6.31. The van der Waals surface area contributed by atoms with Crippen LogP contribution in [0, 0.1) is 0 Å². The lowest BCUT2D eigenvalue weighted by atomic mass is 10.1. The number of hydrogen-bond donors (Lipinski definition) is 3. The Kier molecular flexibility index (Phi) is 8.06. The molecule has 2 aliphatic heterocycles. The first-order valence-electron chi connectivity index (χ1n) is 12.4. The molecule has 0 amide bonds. The fraction of sp³-hybridized carbons (Fsp3) is 0.423. The van der Waals surface area contributed by atoms with Gasteiger partial charge in [0.15, 0.2) is 5.82 Å². The Balaban J connectivity index is 1.57. The molecule has 3 aromatic rings. The number of aromatic nitrogens is 3. The van der Waals surface area contributed by atoms with Crippen molar-refractivity contribution in [3.63, 3.8) is 0 Å². The monoisotopic (exact) mass is 560 g/mol. The molecule has 0 radical (unpaired) electrons. The molecular formula is C26H30Cl2N6O4. The number of aliphatic hydroxyl groups is 1. The van der Waals surface area contributed by atoms with Gasteiger partial charge in [-0.15, -0.1) is 0 Å². The third kappa shape index (κ3) is 5.19. The zero-order valence-corrected chi connectivity index (χ0v) is 22.7. The number of fused-ring (bicyclic) bond motifs is 1. The molecule has 38 heavy (non-hydrogen) atoms. The lowest BCUT2D eigenvalue weighted by Crippen LogP contribution is -2.47. The van der Waals surface area contributed by atoms with Crippen LogP contribution in [0.15, 0.2) is 31.0 Å². The van der Waals surface area contributed by atoms with Gasteiger partial charge in [-0.1, -0.05) is 29.8 Å². The van der Waals surface area contributed by atoms with Gasteiger partial charge >= 0.3 is 0 Å². The largest absolute Gasteiger partial charge is 0.495 e. The van der Waals surface area contributed by atoms with Gasteiger partial charge in [-0.3, -0.25) is 5.32 Å². The number of halogens is 2. The Labute approximate surface area is 230 Å². The van der Waals surface area contributed by atoms with Crippen molar-refractivity contribution in [1.82, 2.24) is 20.3 Å². The Morgan fingerprint density at radius 2 is 1.79 bits per heavy atom. The molecule has 2 aliphatic rings. The van der Waals surface area contributed by atoms with Crippen molar-refractivity contribution in [2.45, 2.75) is 31.2 Å². The third-order valence-electron chi connectivity index (χ3n) is 6.79. The molecule has 202 valence electrons. The van der Waals surface area contributed by atoms with Gasteiger partial charge in [-0.2, -0.15) is 0 Å². The van der Waals surface area contributed by atoms with E-state index in [0.29, 0.717) is 57.5 Å². The number of nitrogens with zero attached hydrogens (tertiary/aromatic N) is 4. The maximum Gasteiger partial charge on any atom is 0.165 e. The molecule has 1 unspecified atom stereocenters. The number of nitrogens with one attached hydrogen (secondary N) is 2. The van der Waals surface area contributed by atoms with Crippen LogP contribution in [0.1, 0.15) is 12.8 Å². The molecular weight excluding hydrogens is 531 g/mol. The second kappa shape index (κ2) is 11.5. The molecule has 0 spiro atoms. The van der Waals surface area contributed by atoms with E-state index in [4.69, 9.17) is 47.4 Å². The Morgan fingerprint density at radius 1 is 1.11 bits per heavy atom. The van der Waals surface area contributed by atoms with Crippen LogP contribution in [-0.4, -0.2) is 78.9 Å². The lowest BCUT2D eigenvalue weighted by molar-refractivity contribution is 0.149. The highest BCUT2D eigenvalue weighted by molar-refractivity contribution is 6.41. The summed E-state index contributed by atoms with van der Waals surface area (Å²) in [5.74, 6) is 2.62. The number of anilines is 2. The van der Waals surface area contributed by atoms with Crippen molar-refractivity contribution in [3.8, 4) is 22.9 Å². The van der Waals surface area contributed by atoms with Gasteiger partial charge in [0, 0.05) is 24.5 Å². The topological polar surface area (TPSA) is 114 Å². The number of aliphatic hydroxyl groups excluding tert-OH is 1. The fourth-order valence-corrected chi connectivity index (χ4v) is 5.47. The van der Waals surface area contributed by atoms with Crippen LogP contribution in [0.25, 0.3) is 22.3 Å². The van der Waals surface area contributed by atoms with E-state index >= 15 is 0 Å². The quantitative estimate of drug-likeness (QED) is 0.263. The molecule has 0 bridgehead atoms. The minimum absolute atomic E-state index is 0.0909. The van der Waals surface area contributed by atoms with Crippen molar-refractivity contribution in [3.05, 3.63) is 41.0 Å². The van der Waals surface area contributed by atoms with Crippen molar-refractivity contribution < 1.29 is 19.3 Å². The van der Waals surface area contributed by atoms with Crippen molar-refractivity contribution in [2.24, 2.45) is 0 Å². The number of rotatable bonds is 9. The minimum Gasteiger partial charge on any atom is -0.495 e. The van der Waals surface area contributed by atoms with Gasteiger partial charge in [0.2, 0.25) is 0 Å². The van der Waals surface area contributed by atoms with E-state index in [1.807, 2.05) is 6.07 Å². The van der Waals surface area contributed by atoms with Crippen LogP contribution in [-0.2, 0) is 4.74 Å². The van der Waals surface area contributed by atoms with Crippen LogP contribution in [0.5, 0.6) is 11.5 Å². The van der Waals surface area contributed by atoms with Gasteiger partial charge in [0.25, 0.3) is 0 Å². The summed E-state index contributed by atoms with van der Waals surface area (Å²) in [5.41, 5.74) is 1.09. The highest BCUT2D eigenvalue weighted by Gasteiger charge is 2.30. The first kappa shape index (κ1) is 26.7. The van der Waals surface area contributed by atoms with Crippen LogP contribution < -0.4 is 25.0 Å². The zero-order valence-electron chi connectivity index (χ0n) is 21.2. The molecule has 4 heterocycles. The molecule has 3 atom stereocenters. The van der Waals surface area contributed by atoms with E-state index in [2.05, 4.69) is 27.1 Å². The van der Waals surface area contributed by atoms with Gasteiger partial charge in [0.1, 0.15) is 29.4 Å². The maximum absolute atomic E-state index is 9.94. The predicted molar refractivity (Wildman–Crippen MR) is 149 cm³/mol. The van der Waals surface area contributed by atoms with Crippen LogP contribution in [0.4, 0.5) is 11.6 Å². The summed E-state index contributed by atoms with van der Waals surface area (Å²) in [7, 11) is 3.06. The fourth-order valence-electron chi connectivity index (χ4n) is 4.80. The number of pyridine rings is 1. The molecule has 2 saturated heterocycles. The van der Waals surface area contributed by atoms with Gasteiger partial charge in [-0.05, 0) is 25.0 Å². The standard InChI is InChI=1S/C26H30Cl2N6O4/c1-4-21(35)31-17-13-38-12-16(17)30-20-9-14-15(11-29-20)32-25(33-26(14)34-7-5-6-8-34)22-23(27)18(36-2)10-19(37-3)24(22)28/h4,9-11,16-17,21,31,35H,1,5-8,12-13H2,2-3H3,(H,29,30)/t16-,17+,21?/m1/s1. The Bertz CT molecular complexity index is 1310. The Hall–Kier alpha value is -2.89. The first-order valence-corrected chi connectivity index (χ1v) is 13.1. The van der Waals surface area contributed by atoms with Crippen LogP contribution in [0.3, 0.4) is 0 Å². The van der Waals surface area contributed by atoms with E-state index in [9.17, 15) is 5.11 Å². The highest BCUT2D eigenvalue weighted by atomic mass is 35.5. The number of hydrogen-bond acceptors (Lipinski definition) is 10. The lowest BCUT2D eigenvalue weighted by Gasteiger charge is -2.23. The summed E-state index contributed by atoms with van der Waals surface area (Å²) in [4.78, 5) is 16.6. The number of ether oxygens (including phenoxy) is 3.